The molecule has 0 aromatic carbocycles. The lowest BCUT2D eigenvalue weighted by Crippen LogP contribution is -2.24. The number of hydrogen-bond acceptors (Lipinski definition) is 6. The zero-order chi connectivity index (χ0) is 15.4. The van der Waals surface area contributed by atoms with Gasteiger partial charge in [0.15, 0.2) is 0 Å². The zero-order valence-corrected chi connectivity index (χ0v) is 12.4. The molecule has 2 aromatic rings. The van der Waals surface area contributed by atoms with Gasteiger partial charge in [-0.25, -0.2) is 9.97 Å². The number of aromatic nitrogens is 3. The van der Waals surface area contributed by atoms with E-state index in [0.29, 0.717) is 18.8 Å². The Morgan fingerprint density at radius 3 is 3.14 bits per heavy atom. The number of hydrogen-bond donors (Lipinski definition) is 1. The third-order valence-electron chi connectivity index (χ3n) is 3.54. The molecule has 116 valence electrons. The van der Waals surface area contributed by atoms with Gasteiger partial charge in [0.25, 0.3) is 5.91 Å². The highest BCUT2D eigenvalue weighted by Gasteiger charge is 2.19. The van der Waals surface area contributed by atoms with Gasteiger partial charge < -0.3 is 14.6 Å². The maximum absolute atomic E-state index is 11.9. The number of aryl methyl sites for hydroxylation is 1. The molecular weight excluding hydrogens is 284 g/mol. The minimum Gasteiger partial charge on any atom is -0.381 e. The van der Waals surface area contributed by atoms with Crippen molar-refractivity contribution in [1.29, 1.82) is 0 Å². The Kier molecular flexibility index (Phi) is 4.43. The molecule has 1 N–H and O–H groups in total. The van der Waals surface area contributed by atoms with Crippen LogP contribution in [0.2, 0.25) is 0 Å². The second kappa shape index (κ2) is 6.65. The Bertz CT molecular complexity index is 650. The predicted molar refractivity (Wildman–Crippen MR) is 77.2 cm³/mol. The van der Waals surface area contributed by atoms with E-state index in [1.165, 1.54) is 0 Å². The molecule has 3 rings (SSSR count). The summed E-state index contributed by atoms with van der Waals surface area (Å²) in [4.78, 5) is 20.7. The summed E-state index contributed by atoms with van der Waals surface area (Å²) in [5, 5.41) is 6.46. The molecule has 0 bridgehead atoms. The van der Waals surface area contributed by atoms with Gasteiger partial charge in [-0.15, -0.1) is 0 Å². The molecule has 7 heteroatoms. The molecule has 1 fully saturated rings. The predicted octanol–water partition coefficient (Wildman–Crippen LogP) is 1.60. The SMILES string of the molecule is Cc1cc(C(=O)NCc2ccnc([C@@H]3CCCOC3)n2)on1. The first-order valence-corrected chi connectivity index (χ1v) is 7.33. The Morgan fingerprint density at radius 1 is 1.50 bits per heavy atom. The first-order chi connectivity index (χ1) is 10.7. The summed E-state index contributed by atoms with van der Waals surface area (Å²) >= 11 is 0. The highest BCUT2D eigenvalue weighted by atomic mass is 16.5. The highest BCUT2D eigenvalue weighted by molar-refractivity contribution is 5.91. The van der Waals surface area contributed by atoms with Crippen LogP contribution < -0.4 is 5.32 Å². The van der Waals surface area contributed by atoms with Crippen molar-refractivity contribution in [3.05, 3.63) is 41.3 Å². The smallest absolute Gasteiger partial charge is 0.290 e. The van der Waals surface area contributed by atoms with Crippen LogP contribution in [0.15, 0.2) is 22.9 Å². The normalized spacial score (nSPS) is 18.1. The third kappa shape index (κ3) is 3.48. The molecule has 1 aliphatic heterocycles. The largest absolute Gasteiger partial charge is 0.381 e. The number of carbonyl (C=O) groups is 1. The average molecular weight is 302 g/mol. The number of rotatable bonds is 4. The van der Waals surface area contributed by atoms with Crippen LogP contribution in [0, 0.1) is 6.92 Å². The van der Waals surface area contributed by atoms with Crippen molar-refractivity contribution >= 4 is 5.91 Å². The van der Waals surface area contributed by atoms with E-state index < -0.39 is 0 Å². The lowest BCUT2D eigenvalue weighted by atomic mass is 10.0. The lowest BCUT2D eigenvalue weighted by Gasteiger charge is -2.20. The summed E-state index contributed by atoms with van der Waals surface area (Å²) in [6.45, 7) is 3.56. The van der Waals surface area contributed by atoms with Gasteiger partial charge in [0.2, 0.25) is 5.76 Å². The fourth-order valence-electron chi connectivity index (χ4n) is 2.38. The van der Waals surface area contributed by atoms with E-state index >= 15 is 0 Å². The lowest BCUT2D eigenvalue weighted by molar-refractivity contribution is 0.0779. The fraction of sp³-hybridized carbons (Fsp3) is 0.467. The number of nitrogens with one attached hydrogen (secondary N) is 1. The topological polar surface area (TPSA) is 90.1 Å². The molecule has 22 heavy (non-hydrogen) atoms. The zero-order valence-electron chi connectivity index (χ0n) is 12.4. The number of carbonyl (C=O) groups excluding carboxylic acids is 1. The monoisotopic (exact) mass is 302 g/mol. The van der Waals surface area contributed by atoms with Gasteiger partial charge in [-0.05, 0) is 25.8 Å². The number of amides is 1. The van der Waals surface area contributed by atoms with Gasteiger partial charge in [0, 0.05) is 24.8 Å². The van der Waals surface area contributed by atoms with Crippen molar-refractivity contribution < 1.29 is 14.1 Å². The van der Waals surface area contributed by atoms with Crippen LogP contribution in [0.1, 0.15) is 46.5 Å². The molecule has 0 unspecified atom stereocenters. The van der Waals surface area contributed by atoms with Gasteiger partial charge in [-0.2, -0.15) is 0 Å². The summed E-state index contributed by atoms with van der Waals surface area (Å²) in [5.41, 5.74) is 1.44. The number of nitrogens with zero attached hydrogens (tertiary/aromatic N) is 3. The van der Waals surface area contributed by atoms with Crippen molar-refractivity contribution in [2.75, 3.05) is 13.2 Å². The van der Waals surface area contributed by atoms with E-state index in [1.807, 2.05) is 0 Å². The van der Waals surface area contributed by atoms with E-state index in [0.717, 1.165) is 31.0 Å². The van der Waals surface area contributed by atoms with Crippen LogP contribution in [0.5, 0.6) is 0 Å². The van der Waals surface area contributed by atoms with E-state index in [-0.39, 0.29) is 17.6 Å². The molecule has 7 nitrogen and oxygen atoms in total. The van der Waals surface area contributed by atoms with Crippen LogP contribution in [0.3, 0.4) is 0 Å². The third-order valence-corrected chi connectivity index (χ3v) is 3.54. The van der Waals surface area contributed by atoms with Crippen molar-refractivity contribution in [2.24, 2.45) is 0 Å². The highest BCUT2D eigenvalue weighted by Crippen LogP contribution is 2.22. The molecule has 3 heterocycles. The number of ether oxygens (including phenoxy) is 1. The Labute approximate surface area is 128 Å². The molecule has 1 amide bonds. The Hall–Kier alpha value is -2.28. The van der Waals surface area contributed by atoms with E-state index in [1.54, 1.807) is 25.3 Å². The van der Waals surface area contributed by atoms with E-state index in [4.69, 9.17) is 9.26 Å². The summed E-state index contributed by atoms with van der Waals surface area (Å²) in [6, 6.07) is 3.39. The molecule has 0 radical (unpaired) electrons. The fourth-order valence-corrected chi connectivity index (χ4v) is 2.38. The van der Waals surface area contributed by atoms with Crippen molar-refractivity contribution in [1.82, 2.24) is 20.4 Å². The molecule has 1 saturated heterocycles. The maximum Gasteiger partial charge on any atom is 0.290 e. The van der Waals surface area contributed by atoms with Crippen LogP contribution >= 0.6 is 0 Å². The van der Waals surface area contributed by atoms with E-state index in [2.05, 4.69) is 20.4 Å². The van der Waals surface area contributed by atoms with Crippen LogP contribution in [-0.4, -0.2) is 34.2 Å². The summed E-state index contributed by atoms with van der Waals surface area (Å²) in [6.07, 6.45) is 3.78. The standard InChI is InChI=1S/C15H18N4O3/c1-10-7-13(22-19-10)15(20)17-8-12-4-5-16-14(18-12)11-3-2-6-21-9-11/h4-5,7,11H,2-3,6,8-9H2,1H3,(H,17,20)/t11-/m1/s1. The van der Waals surface area contributed by atoms with Crippen molar-refractivity contribution in [3.63, 3.8) is 0 Å². The van der Waals surface area contributed by atoms with Gasteiger partial charge in [-0.3, -0.25) is 4.79 Å². The van der Waals surface area contributed by atoms with Gasteiger partial charge in [0.05, 0.1) is 24.5 Å². The van der Waals surface area contributed by atoms with Crippen LogP contribution in [0.4, 0.5) is 0 Å². The second-order valence-electron chi connectivity index (χ2n) is 5.34. The van der Waals surface area contributed by atoms with Crippen LogP contribution in [-0.2, 0) is 11.3 Å². The maximum atomic E-state index is 11.9. The Morgan fingerprint density at radius 2 is 2.41 bits per heavy atom. The first kappa shape index (κ1) is 14.6. The molecule has 2 aromatic heterocycles. The minimum absolute atomic E-state index is 0.201. The molecule has 0 aliphatic carbocycles. The first-order valence-electron chi connectivity index (χ1n) is 7.33. The molecular formula is C15H18N4O3. The van der Waals surface area contributed by atoms with Gasteiger partial charge >= 0.3 is 0 Å². The molecule has 1 atom stereocenters. The molecule has 0 spiro atoms. The average Bonchev–Trinajstić information content (AvgIpc) is 3.00. The Balaban J connectivity index is 1.61. The minimum atomic E-state index is -0.304. The van der Waals surface area contributed by atoms with Crippen LogP contribution in [0.25, 0.3) is 0 Å². The summed E-state index contributed by atoms with van der Waals surface area (Å²) < 4.78 is 10.4. The molecule has 1 aliphatic rings. The molecule has 0 saturated carbocycles. The van der Waals surface area contributed by atoms with Crippen molar-refractivity contribution in [2.45, 2.75) is 32.2 Å². The summed E-state index contributed by atoms with van der Waals surface area (Å²) in [7, 11) is 0. The summed E-state index contributed by atoms with van der Waals surface area (Å²) in [5.74, 6) is 0.914. The van der Waals surface area contributed by atoms with Gasteiger partial charge in [0.1, 0.15) is 5.82 Å². The quantitative estimate of drug-likeness (QED) is 0.922. The van der Waals surface area contributed by atoms with Crippen molar-refractivity contribution in [3.8, 4) is 0 Å². The van der Waals surface area contributed by atoms with Gasteiger partial charge in [-0.1, -0.05) is 5.16 Å². The second-order valence-corrected chi connectivity index (χ2v) is 5.34. The van der Waals surface area contributed by atoms with E-state index in [9.17, 15) is 4.79 Å².